The molecule has 0 spiro atoms. The molecule has 0 unspecified atom stereocenters. The van der Waals surface area contributed by atoms with Gasteiger partial charge in [-0.15, -0.1) is 0 Å². The molecule has 6 nitrogen and oxygen atoms in total. The molecule has 2 aromatic carbocycles. The number of benzene rings is 2. The number of hydrogen-bond acceptors (Lipinski definition) is 3. The van der Waals surface area contributed by atoms with Crippen LogP contribution in [0, 0.1) is 0 Å². The summed E-state index contributed by atoms with van der Waals surface area (Å²) in [6, 6.07) is 15.0. The van der Waals surface area contributed by atoms with Crippen LogP contribution in [-0.2, 0) is 4.79 Å². The van der Waals surface area contributed by atoms with Gasteiger partial charge in [0.1, 0.15) is 6.33 Å². The number of carbonyl (C=O) groups excluding carboxylic acids is 2. The van der Waals surface area contributed by atoms with Crippen molar-refractivity contribution in [2.45, 2.75) is 0 Å². The third-order valence-corrected chi connectivity index (χ3v) is 3.27. The Balaban J connectivity index is 1.93. The summed E-state index contributed by atoms with van der Waals surface area (Å²) in [6.07, 6.45) is 1.71. The summed E-state index contributed by atoms with van der Waals surface area (Å²) in [4.78, 5) is 26.9. The summed E-state index contributed by atoms with van der Waals surface area (Å²) >= 11 is 0. The molecule has 3 aromatic rings. The SMILES string of the molecule is NC(=O)CNC(=O)c1ccc2c(c1)ncn2-c1ccccc1. The van der Waals surface area contributed by atoms with Crippen molar-refractivity contribution in [1.82, 2.24) is 14.9 Å². The van der Waals surface area contributed by atoms with Crippen LogP contribution < -0.4 is 11.1 Å². The van der Waals surface area contributed by atoms with E-state index in [9.17, 15) is 9.59 Å². The van der Waals surface area contributed by atoms with Gasteiger partial charge in [-0.3, -0.25) is 14.2 Å². The molecule has 3 rings (SSSR count). The van der Waals surface area contributed by atoms with E-state index in [1.165, 1.54) is 0 Å². The summed E-state index contributed by atoms with van der Waals surface area (Å²) in [5.41, 5.74) is 8.05. The molecule has 22 heavy (non-hydrogen) atoms. The smallest absolute Gasteiger partial charge is 0.251 e. The highest BCUT2D eigenvalue weighted by Gasteiger charge is 2.10. The van der Waals surface area contributed by atoms with Crippen LogP contribution in [0.2, 0.25) is 0 Å². The van der Waals surface area contributed by atoms with Crippen molar-refractivity contribution in [1.29, 1.82) is 0 Å². The fraction of sp³-hybridized carbons (Fsp3) is 0.0625. The number of nitrogens with zero attached hydrogens (tertiary/aromatic N) is 2. The van der Waals surface area contributed by atoms with Gasteiger partial charge in [-0.2, -0.15) is 0 Å². The third kappa shape index (κ3) is 2.67. The lowest BCUT2D eigenvalue weighted by Gasteiger charge is -2.05. The molecule has 0 radical (unpaired) electrons. The summed E-state index contributed by atoms with van der Waals surface area (Å²) in [6.45, 7) is -0.185. The minimum Gasteiger partial charge on any atom is -0.368 e. The van der Waals surface area contributed by atoms with Crippen molar-refractivity contribution in [3.8, 4) is 5.69 Å². The molecule has 0 atom stereocenters. The molecular weight excluding hydrogens is 280 g/mol. The lowest BCUT2D eigenvalue weighted by Crippen LogP contribution is -2.33. The van der Waals surface area contributed by atoms with Gasteiger partial charge in [0, 0.05) is 11.3 Å². The van der Waals surface area contributed by atoms with Crippen molar-refractivity contribution >= 4 is 22.8 Å². The van der Waals surface area contributed by atoms with E-state index in [0.717, 1.165) is 11.2 Å². The molecular formula is C16H14N4O2. The molecule has 6 heteroatoms. The van der Waals surface area contributed by atoms with Gasteiger partial charge in [0.25, 0.3) is 5.91 Å². The quantitative estimate of drug-likeness (QED) is 0.758. The summed E-state index contributed by atoms with van der Waals surface area (Å²) in [5.74, 6) is -0.933. The molecule has 0 saturated heterocycles. The zero-order chi connectivity index (χ0) is 15.5. The minimum absolute atomic E-state index is 0.185. The zero-order valence-electron chi connectivity index (χ0n) is 11.7. The van der Waals surface area contributed by atoms with Crippen molar-refractivity contribution in [2.75, 3.05) is 6.54 Å². The van der Waals surface area contributed by atoms with Gasteiger partial charge < -0.3 is 11.1 Å². The molecule has 0 bridgehead atoms. The van der Waals surface area contributed by atoms with Gasteiger partial charge in [0.15, 0.2) is 0 Å². The zero-order valence-corrected chi connectivity index (χ0v) is 11.7. The Bertz CT molecular complexity index is 840. The van der Waals surface area contributed by atoms with E-state index in [-0.39, 0.29) is 12.5 Å². The van der Waals surface area contributed by atoms with E-state index in [4.69, 9.17) is 5.73 Å². The minimum atomic E-state index is -0.581. The van der Waals surface area contributed by atoms with Gasteiger partial charge in [-0.25, -0.2) is 4.98 Å². The number of hydrogen-bond donors (Lipinski definition) is 2. The van der Waals surface area contributed by atoms with Gasteiger partial charge in [0.2, 0.25) is 5.91 Å². The molecule has 0 aliphatic heterocycles. The number of carbonyl (C=O) groups is 2. The fourth-order valence-corrected chi connectivity index (χ4v) is 2.22. The Morgan fingerprint density at radius 2 is 1.91 bits per heavy atom. The van der Waals surface area contributed by atoms with E-state index in [2.05, 4.69) is 10.3 Å². The lowest BCUT2D eigenvalue weighted by atomic mass is 10.2. The van der Waals surface area contributed by atoms with Gasteiger partial charge in [-0.05, 0) is 30.3 Å². The first-order valence-electron chi connectivity index (χ1n) is 6.74. The van der Waals surface area contributed by atoms with E-state index < -0.39 is 5.91 Å². The summed E-state index contributed by atoms with van der Waals surface area (Å²) in [5, 5.41) is 2.45. The maximum atomic E-state index is 11.9. The average molecular weight is 294 g/mol. The van der Waals surface area contributed by atoms with Gasteiger partial charge >= 0.3 is 0 Å². The second-order valence-corrected chi connectivity index (χ2v) is 4.80. The third-order valence-electron chi connectivity index (χ3n) is 3.27. The summed E-state index contributed by atoms with van der Waals surface area (Å²) in [7, 11) is 0. The maximum absolute atomic E-state index is 11.9. The van der Waals surface area contributed by atoms with Gasteiger partial charge in [-0.1, -0.05) is 18.2 Å². The first-order chi connectivity index (χ1) is 10.6. The van der Waals surface area contributed by atoms with Crippen molar-refractivity contribution in [3.05, 3.63) is 60.4 Å². The molecule has 2 amide bonds. The highest BCUT2D eigenvalue weighted by Crippen LogP contribution is 2.19. The van der Waals surface area contributed by atoms with Crippen LogP contribution >= 0.6 is 0 Å². The molecule has 3 N–H and O–H groups in total. The van der Waals surface area contributed by atoms with Gasteiger partial charge in [0.05, 0.1) is 17.6 Å². The van der Waals surface area contributed by atoms with Crippen LogP contribution in [0.5, 0.6) is 0 Å². The normalized spacial score (nSPS) is 10.5. The number of rotatable bonds is 4. The molecule has 0 fully saturated rings. The second-order valence-electron chi connectivity index (χ2n) is 4.80. The number of aromatic nitrogens is 2. The number of imidazole rings is 1. The molecule has 0 aliphatic rings. The van der Waals surface area contributed by atoms with E-state index >= 15 is 0 Å². The predicted octanol–water partition coefficient (Wildman–Crippen LogP) is 1.24. The van der Waals surface area contributed by atoms with E-state index in [1.54, 1.807) is 18.5 Å². The highest BCUT2D eigenvalue weighted by atomic mass is 16.2. The predicted molar refractivity (Wildman–Crippen MR) is 82.6 cm³/mol. The van der Waals surface area contributed by atoms with E-state index in [1.807, 2.05) is 41.0 Å². The number of nitrogens with one attached hydrogen (secondary N) is 1. The number of primary amides is 1. The number of para-hydroxylation sites is 1. The van der Waals surface area contributed by atoms with Crippen molar-refractivity contribution in [2.24, 2.45) is 5.73 Å². The molecule has 1 heterocycles. The Kier molecular flexibility index (Phi) is 3.57. The first-order valence-corrected chi connectivity index (χ1v) is 6.74. The van der Waals surface area contributed by atoms with Crippen molar-refractivity contribution < 1.29 is 9.59 Å². The molecule has 1 aromatic heterocycles. The van der Waals surface area contributed by atoms with E-state index in [0.29, 0.717) is 11.1 Å². The molecule has 0 saturated carbocycles. The number of amides is 2. The molecule has 110 valence electrons. The highest BCUT2D eigenvalue weighted by molar-refractivity contribution is 5.99. The van der Waals surface area contributed by atoms with Crippen LogP contribution in [0.4, 0.5) is 0 Å². The van der Waals surface area contributed by atoms with Crippen LogP contribution in [0.1, 0.15) is 10.4 Å². The van der Waals surface area contributed by atoms with Crippen LogP contribution in [0.25, 0.3) is 16.7 Å². The largest absolute Gasteiger partial charge is 0.368 e. The maximum Gasteiger partial charge on any atom is 0.251 e. The van der Waals surface area contributed by atoms with Crippen LogP contribution in [0.3, 0.4) is 0 Å². The van der Waals surface area contributed by atoms with Crippen molar-refractivity contribution in [3.63, 3.8) is 0 Å². The fourth-order valence-electron chi connectivity index (χ4n) is 2.22. The Morgan fingerprint density at radius 1 is 1.14 bits per heavy atom. The van der Waals surface area contributed by atoms with Crippen LogP contribution in [-0.4, -0.2) is 27.9 Å². The number of fused-ring (bicyclic) bond motifs is 1. The number of nitrogens with two attached hydrogens (primary N) is 1. The Morgan fingerprint density at radius 3 is 2.64 bits per heavy atom. The topological polar surface area (TPSA) is 90.0 Å². The monoisotopic (exact) mass is 294 g/mol. The lowest BCUT2D eigenvalue weighted by molar-refractivity contribution is -0.117. The van der Waals surface area contributed by atoms with Crippen LogP contribution in [0.15, 0.2) is 54.9 Å². The average Bonchev–Trinajstić information content (AvgIpc) is 2.96. The standard InChI is InChI=1S/C16H14N4O2/c17-15(21)9-18-16(22)11-6-7-14-13(8-11)19-10-20(14)12-4-2-1-3-5-12/h1-8,10H,9H2,(H2,17,21)(H,18,22). The first kappa shape index (κ1) is 13.8. The Hall–Kier alpha value is -3.15. The molecule has 0 aliphatic carbocycles. The Labute approximate surface area is 126 Å². The second kappa shape index (κ2) is 5.69. The summed E-state index contributed by atoms with van der Waals surface area (Å²) < 4.78 is 1.94.